The van der Waals surface area contributed by atoms with Gasteiger partial charge in [-0.25, -0.2) is 0 Å². The highest BCUT2D eigenvalue weighted by atomic mass is 16.3. The summed E-state index contributed by atoms with van der Waals surface area (Å²) in [5, 5.41) is 6.05. The van der Waals surface area contributed by atoms with Gasteiger partial charge in [-0.2, -0.15) is 0 Å². The van der Waals surface area contributed by atoms with E-state index in [1.165, 1.54) is 5.56 Å². The molecule has 106 valence electrons. The number of benzene rings is 1. The zero-order valence-corrected chi connectivity index (χ0v) is 11.7. The molecule has 1 amide bonds. The Labute approximate surface area is 119 Å². The van der Waals surface area contributed by atoms with E-state index < -0.39 is 0 Å². The third-order valence-corrected chi connectivity index (χ3v) is 3.05. The Bertz CT molecular complexity index is 518. The second kappa shape index (κ2) is 7.50. The minimum atomic E-state index is 0.0150. The summed E-state index contributed by atoms with van der Waals surface area (Å²) in [5.41, 5.74) is 2.11. The molecule has 0 aliphatic carbocycles. The summed E-state index contributed by atoms with van der Waals surface area (Å²) >= 11 is 0. The van der Waals surface area contributed by atoms with Crippen LogP contribution in [0.2, 0.25) is 0 Å². The van der Waals surface area contributed by atoms with Gasteiger partial charge in [-0.3, -0.25) is 4.79 Å². The van der Waals surface area contributed by atoms with Crippen molar-refractivity contribution in [1.82, 2.24) is 5.32 Å². The van der Waals surface area contributed by atoms with Crippen molar-refractivity contribution in [3.63, 3.8) is 0 Å². The molecule has 0 aliphatic rings. The average Bonchev–Trinajstić information content (AvgIpc) is 2.98. The molecule has 2 rings (SSSR count). The van der Waals surface area contributed by atoms with Crippen molar-refractivity contribution in [3.05, 3.63) is 54.0 Å². The normalized spacial score (nSPS) is 10.4. The van der Waals surface area contributed by atoms with Crippen LogP contribution in [0.4, 0.5) is 5.69 Å². The van der Waals surface area contributed by atoms with Crippen LogP contribution in [0.3, 0.4) is 0 Å². The molecule has 20 heavy (non-hydrogen) atoms. The van der Waals surface area contributed by atoms with Crippen molar-refractivity contribution < 1.29 is 9.21 Å². The van der Waals surface area contributed by atoms with Crippen molar-refractivity contribution in [2.45, 2.75) is 26.3 Å². The fourth-order valence-corrected chi connectivity index (χ4v) is 1.87. The molecular weight excluding hydrogens is 252 g/mol. The first-order valence-corrected chi connectivity index (χ1v) is 6.90. The maximum Gasteiger partial charge on any atom is 0.225 e. The number of aryl methyl sites for hydroxylation is 1. The van der Waals surface area contributed by atoms with Crippen LogP contribution in [0.15, 0.2) is 47.1 Å². The molecular formula is C16H20N2O2. The molecule has 0 spiro atoms. The molecule has 0 radical (unpaired) electrons. The number of carbonyl (C=O) groups is 1. The van der Waals surface area contributed by atoms with Gasteiger partial charge in [0, 0.05) is 18.7 Å². The summed E-state index contributed by atoms with van der Waals surface area (Å²) in [6.45, 7) is 3.38. The van der Waals surface area contributed by atoms with Gasteiger partial charge in [0.2, 0.25) is 5.91 Å². The number of anilines is 1. The standard InChI is InChI=1S/C16H20N2O2/c1-2-13-5-7-14(8-6-13)18-16(19)9-10-17-12-15-4-3-11-20-15/h3-8,11,17H,2,9-10,12H2,1H3,(H,18,19). The molecule has 0 saturated heterocycles. The summed E-state index contributed by atoms with van der Waals surface area (Å²) in [4.78, 5) is 11.8. The molecule has 0 atom stereocenters. The van der Waals surface area contributed by atoms with Gasteiger partial charge in [0.1, 0.15) is 5.76 Å². The quantitative estimate of drug-likeness (QED) is 0.762. The molecule has 1 aromatic heterocycles. The van der Waals surface area contributed by atoms with Gasteiger partial charge in [-0.15, -0.1) is 0 Å². The van der Waals surface area contributed by atoms with Crippen molar-refractivity contribution in [3.8, 4) is 0 Å². The lowest BCUT2D eigenvalue weighted by atomic mass is 10.1. The fourth-order valence-electron chi connectivity index (χ4n) is 1.87. The number of hydrogen-bond acceptors (Lipinski definition) is 3. The summed E-state index contributed by atoms with van der Waals surface area (Å²) in [7, 11) is 0. The number of carbonyl (C=O) groups excluding carboxylic acids is 1. The number of amides is 1. The van der Waals surface area contributed by atoms with Gasteiger partial charge in [0.25, 0.3) is 0 Å². The fraction of sp³-hybridized carbons (Fsp3) is 0.312. The Hall–Kier alpha value is -2.07. The Balaban J connectivity index is 1.66. The van der Waals surface area contributed by atoms with Crippen LogP contribution in [0.5, 0.6) is 0 Å². The van der Waals surface area contributed by atoms with Crippen LogP contribution in [-0.4, -0.2) is 12.5 Å². The number of nitrogens with one attached hydrogen (secondary N) is 2. The number of furan rings is 1. The molecule has 0 saturated carbocycles. The summed E-state index contributed by atoms with van der Waals surface area (Å²) in [6, 6.07) is 11.7. The molecule has 2 aromatic rings. The van der Waals surface area contributed by atoms with E-state index in [0.29, 0.717) is 19.5 Å². The van der Waals surface area contributed by atoms with Crippen LogP contribution < -0.4 is 10.6 Å². The van der Waals surface area contributed by atoms with E-state index in [-0.39, 0.29) is 5.91 Å². The Kier molecular flexibility index (Phi) is 5.38. The van der Waals surface area contributed by atoms with Gasteiger partial charge < -0.3 is 15.1 Å². The van der Waals surface area contributed by atoms with E-state index in [1.807, 2.05) is 36.4 Å². The van der Waals surface area contributed by atoms with Gasteiger partial charge in [0.05, 0.1) is 12.8 Å². The second-order valence-electron chi connectivity index (χ2n) is 4.60. The lowest BCUT2D eigenvalue weighted by Crippen LogP contribution is -2.21. The van der Waals surface area contributed by atoms with Crippen LogP contribution in [0.1, 0.15) is 24.7 Å². The van der Waals surface area contributed by atoms with Gasteiger partial charge in [-0.05, 0) is 36.2 Å². The zero-order chi connectivity index (χ0) is 14.2. The molecule has 4 nitrogen and oxygen atoms in total. The Morgan fingerprint density at radius 1 is 1.20 bits per heavy atom. The van der Waals surface area contributed by atoms with E-state index in [1.54, 1.807) is 6.26 Å². The first-order valence-electron chi connectivity index (χ1n) is 6.90. The summed E-state index contributed by atoms with van der Waals surface area (Å²) < 4.78 is 5.19. The van der Waals surface area contributed by atoms with E-state index in [4.69, 9.17) is 4.42 Å². The largest absolute Gasteiger partial charge is 0.468 e. The number of rotatable bonds is 7. The highest BCUT2D eigenvalue weighted by molar-refractivity contribution is 5.90. The molecule has 1 aromatic carbocycles. The van der Waals surface area contributed by atoms with Gasteiger partial charge in [-0.1, -0.05) is 19.1 Å². The SMILES string of the molecule is CCc1ccc(NC(=O)CCNCc2ccco2)cc1. The minimum absolute atomic E-state index is 0.0150. The van der Waals surface area contributed by atoms with Crippen LogP contribution in [-0.2, 0) is 17.8 Å². The predicted octanol–water partition coefficient (Wildman–Crippen LogP) is 2.96. The van der Waals surface area contributed by atoms with Gasteiger partial charge in [0.15, 0.2) is 0 Å². The molecule has 0 unspecified atom stereocenters. The zero-order valence-electron chi connectivity index (χ0n) is 11.7. The van der Waals surface area contributed by atoms with E-state index >= 15 is 0 Å². The summed E-state index contributed by atoms with van der Waals surface area (Å²) in [6.07, 6.45) is 3.09. The maximum atomic E-state index is 11.8. The number of hydrogen-bond donors (Lipinski definition) is 2. The van der Waals surface area contributed by atoms with Crippen molar-refractivity contribution in [2.24, 2.45) is 0 Å². The third-order valence-electron chi connectivity index (χ3n) is 3.05. The van der Waals surface area contributed by atoms with Crippen LogP contribution in [0, 0.1) is 0 Å². The van der Waals surface area contributed by atoms with Crippen molar-refractivity contribution in [2.75, 3.05) is 11.9 Å². The lowest BCUT2D eigenvalue weighted by Gasteiger charge is -2.06. The highest BCUT2D eigenvalue weighted by Crippen LogP contribution is 2.10. The highest BCUT2D eigenvalue weighted by Gasteiger charge is 2.02. The molecule has 4 heteroatoms. The topological polar surface area (TPSA) is 54.3 Å². The second-order valence-corrected chi connectivity index (χ2v) is 4.60. The molecule has 0 bridgehead atoms. The molecule has 2 N–H and O–H groups in total. The maximum absolute atomic E-state index is 11.8. The van der Waals surface area contributed by atoms with Crippen LogP contribution in [0.25, 0.3) is 0 Å². The van der Waals surface area contributed by atoms with Crippen molar-refractivity contribution in [1.29, 1.82) is 0 Å². The molecule has 1 heterocycles. The van der Waals surface area contributed by atoms with E-state index in [2.05, 4.69) is 17.6 Å². The Morgan fingerprint density at radius 2 is 2.00 bits per heavy atom. The summed E-state index contributed by atoms with van der Waals surface area (Å²) in [5.74, 6) is 0.891. The molecule has 0 fully saturated rings. The third kappa shape index (κ3) is 4.55. The smallest absolute Gasteiger partial charge is 0.225 e. The van der Waals surface area contributed by atoms with E-state index in [9.17, 15) is 4.79 Å². The van der Waals surface area contributed by atoms with Crippen molar-refractivity contribution >= 4 is 11.6 Å². The lowest BCUT2D eigenvalue weighted by molar-refractivity contribution is -0.116. The monoisotopic (exact) mass is 272 g/mol. The van der Waals surface area contributed by atoms with Gasteiger partial charge >= 0.3 is 0 Å². The van der Waals surface area contributed by atoms with Crippen LogP contribution >= 0.6 is 0 Å². The first-order chi connectivity index (χ1) is 9.78. The first kappa shape index (κ1) is 14.3. The average molecular weight is 272 g/mol. The molecule has 0 aliphatic heterocycles. The minimum Gasteiger partial charge on any atom is -0.468 e. The predicted molar refractivity (Wildman–Crippen MR) is 79.5 cm³/mol. The Morgan fingerprint density at radius 3 is 2.65 bits per heavy atom. The van der Waals surface area contributed by atoms with E-state index in [0.717, 1.165) is 17.9 Å².